The van der Waals surface area contributed by atoms with Gasteiger partial charge in [0.2, 0.25) is 6.79 Å². The van der Waals surface area contributed by atoms with Crippen LogP contribution in [0, 0.1) is 0 Å². The monoisotopic (exact) mass is 450 g/mol. The molecule has 2 aromatic rings. The Balaban J connectivity index is 1.13. The average Bonchev–Trinajstić information content (AvgIpc) is 3.32. The minimum absolute atomic E-state index is 0.159. The van der Waals surface area contributed by atoms with Crippen LogP contribution in [0.5, 0.6) is 11.5 Å². The summed E-state index contributed by atoms with van der Waals surface area (Å²) >= 11 is 0. The lowest BCUT2D eigenvalue weighted by Crippen LogP contribution is -2.55. The number of piperidine rings is 1. The summed E-state index contributed by atoms with van der Waals surface area (Å²) in [7, 11) is 4.03. The first-order valence-electron chi connectivity index (χ1n) is 12.0. The van der Waals surface area contributed by atoms with Gasteiger partial charge in [-0.15, -0.1) is 0 Å². The topological polar surface area (TPSA) is 48.5 Å². The number of anilines is 1. The number of piperazine rings is 1. The van der Waals surface area contributed by atoms with E-state index in [2.05, 4.69) is 31.7 Å². The maximum Gasteiger partial charge on any atom is 0.253 e. The van der Waals surface area contributed by atoms with Crippen LogP contribution in [0.25, 0.3) is 0 Å². The Labute approximate surface area is 196 Å². The summed E-state index contributed by atoms with van der Waals surface area (Å²) < 4.78 is 10.9. The van der Waals surface area contributed by atoms with E-state index in [1.807, 2.05) is 44.4 Å². The molecule has 0 saturated carbocycles. The smallest absolute Gasteiger partial charge is 0.253 e. The summed E-state index contributed by atoms with van der Waals surface area (Å²) in [6.45, 7) is 7.13. The number of nitrogens with zero attached hydrogens (tertiary/aromatic N) is 4. The Bertz CT molecular complexity index is 970. The summed E-state index contributed by atoms with van der Waals surface area (Å²) in [5.41, 5.74) is 3.17. The minimum atomic E-state index is 0.159. The van der Waals surface area contributed by atoms with E-state index < -0.39 is 0 Å². The van der Waals surface area contributed by atoms with Gasteiger partial charge in [-0.1, -0.05) is 6.07 Å². The molecule has 3 heterocycles. The number of fused-ring (bicyclic) bond motifs is 1. The van der Waals surface area contributed by atoms with Gasteiger partial charge in [-0.2, -0.15) is 0 Å². The lowest BCUT2D eigenvalue weighted by molar-refractivity contribution is 0.0407. The van der Waals surface area contributed by atoms with Crippen molar-refractivity contribution in [2.75, 3.05) is 65.1 Å². The van der Waals surface area contributed by atoms with Gasteiger partial charge in [-0.25, -0.2) is 0 Å². The normalized spacial score (nSPS) is 21.3. The molecule has 0 aromatic heterocycles. The van der Waals surface area contributed by atoms with Gasteiger partial charge in [0.1, 0.15) is 0 Å². The van der Waals surface area contributed by atoms with Crippen molar-refractivity contribution in [3.8, 4) is 11.5 Å². The van der Waals surface area contributed by atoms with E-state index in [0.717, 1.165) is 75.0 Å². The molecule has 33 heavy (non-hydrogen) atoms. The zero-order valence-corrected chi connectivity index (χ0v) is 19.7. The first kappa shape index (κ1) is 22.0. The molecule has 3 aliphatic rings. The molecule has 1 atom stereocenters. The number of amides is 1. The van der Waals surface area contributed by atoms with Gasteiger partial charge < -0.3 is 19.3 Å². The number of ether oxygens (including phenoxy) is 2. The zero-order chi connectivity index (χ0) is 22.8. The summed E-state index contributed by atoms with van der Waals surface area (Å²) in [4.78, 5) is 22.3. The predicted molar refractivity (Wildman–Crippen MR) is 129 cm³/mol. The number of likely N-dealkylation sites (tertiary alicyclic amines) is 1. The molecule has 0 unspecified atom stereocenters. The lowest BCUT2D eigenvalue weighted by Gasteiger charge is -2.43. The zero-order valence-electron chi connectivity index (χ0n) is 19.7. The van der Waals surface area contributed by atoms with Crippen molar-refractivity contribution in [3.05, 3.63) is 53.6 Å². The van der Waals surface area contributed by atoms with Gasteiger partial charge in [0.25, 0.3) is 5.91 Å². The van der Waals surface area contributed by atoms with E-state index in [-0.39, 0.29) is 5.91 Å². The summed E-state index contributed by atoms with van der Waals surface area (Å²) in [6.07, 6.45) is 2.25. The SMILES string of the molecule is CN(C)c1ccc(C(=O)N2CCC[C@@H](N3CCN(Cc4ccc5c(c4)OCO5)CC3)C2)cc1. The second kappa shape index (κ2) is 9.61. The van der Waals surface area contributed by atoms with Crippen molar-refractivity contribution >= 4 is 11.6 Å². The number of hydrogen-bond acceptors (Lipinski definition) is 6. The van der Waals surface area contributed by atoms with Gasteiger partial charge in [0.05, 0.1) is 0 Å². The van der Waals surface area contributed by atoms with E-state index in [1.165, 1.54) is 12.0 Å². The van der Waals surface area contributed by atoms with E-state index in [4.69, 9.17) is 9.47 Å². The third-order valence-corrected chi connectivity index (χ3v) is 7.08. The first-order chi connectivity index (χ1) is 16.1. The quantitative estimate of drug-likeness (QED) is 0.698. The number of benzene rings is 2. The van der Waals surface area contributed by atoms with Crippen LogP contribution in [0.2, 0.25) is 0 Å². The maximum atomic E-state index is 13.1. The van der Waals surface area contributed by atoms with Crippen LogP contribution in [0.1, 0.15) is 28.8 Å². The molecule has 3 aliphatic heterocycles. The fraction of sp³-hybridized carbons (Fsp3) is 0.500. The standard InChI is InChI=1S/C26H34N4O3/c1-27(2)22-8-6-21(7-9-22)26(31)30-11-3-4-23(18-30)29-14-12-28(13-15-29)17-20-5-10-24-25(16-20)33-19-32-24/h5-10,16,23H,3-4,11-15,17-19H2,1-2H3/t23-/m1/s1. The van der Waals surface area contributed by atoms with Crippen LogP contribution in [-0.4, -0.2) is 86.8 Å². The molecule has 2 fully saturated rings. The highest BCUT2D eigenvalue weighted by molar-refractivity contribution is 5.94. The van der Waals surface area contributed by atoms with Crippen LogP contribution < -0.4 is 14.4 Å². The Morgan fingerprint density at radius 3 is 2.48 bits per heavy atom. The van der Waals surface area contributed by atoms with Gasteiger partial charge in [-0.05, 0) is 54.8 Å². The van der Waals surface area contributed by atoms with Crippen molar-refractivity contribution < 1.29 is 14.3 Å². The first-order valence-corrected chi connectivity index (χ1v) is 12.0. The highest BCUT2D eigenvalue weighted by Crippen LogP contribution is 2.33. The fourth-order valence-corrected chi connectivity index (χ4v) is 5.11. The fourth-order valence-electron chi connectivity index (χ4n) is 5.11. The van der Waals surface area contributed by atoms with E-state index in [1.54, 1.807) is 0 Å². The molecule has 0 spiro atoms. The van der Waals surface area contributed by atoms with Crippen molar-refractivity contribution in [1.29, 1.82) is 0 Å². The molecule has 0 N–H and O–H groups in total. The molecule has 176 valence electrons. The summed E-state index contributed by atoms with van der Waals surface area (Å²) in [5, 5.41) is 0. The van der Waals surface area contributed by atoms with Crippen molar-refractivity contribution in [2.45, 2.75) is 25.4 Å². The van der Waals surface area contributed by atoms with Crippen molar-refractivity contribution in [1.82, 2.24) is 14.7 Å². The van der Waals surface area contributed by atoms with E-state index in [0.29, 0.717) is 12.8 Å². The number of carbonyl (C=O) groups is 1. The van der Waals surface area contributed by atoms with E-state index >= 15 is 0 Å². The Kier molecular flexibility index (Phi) is 6.42. The van der Waals surface area contributed by atoms with Gasteiger partial charge in [-0.3, -0.25) is 14.6 Å². The van der Waals surface area contributed by atoms with Crippen LogP contribution in [0.15, 0.2) is 42.5 Å². The predicted octanol–water partition coefficient (Wildman–Crippen LogP) is 2.90. The molecular formula is C26H34N4O3. The number of carbonyl (C=O) groups excluding carboxylic acids is 1. The van der Waals surface area contributed by atoms with Crippen molar-refractivity contribution in [3.63, 3.8) is 0 Å². The molecule has 2 saturated heterocycles. The van der Waals surface area contributed by atoms with E-state index in [9.17, 15) is 4.79 Å². The Morgan fingerprint density at radius 1 is 0.970 bits per heavy atom. The van der Waals surface area contributed by atoms with Crippen LogP contribution in [0.3, 0.4) is 0 Å². The third-order valence-electron chi connectivity index (χ3n) is 7.08. The molecule has 7 heteroatoms. The summed E-state index contributed by atoms with van der Waals surface area (Å²) in [6, 6.07) is 14.7. The third kappa shape index (κ3) is 4.94. The molecule has 5 rings (SSSR count). The lowest BCUT2D eigenvalue weighted by atomic mass is 10.0. The molecule has 0 radical (unpaired) electrons. The highest BCUT2D eigenvalue weighted by atomic mass is 16.7. The number of hydrogen-bond donors (Lipinski definition) is 0. The molecule has 2 aromatic carbocycles. The van der Waals surface area contributed by atoms with Crippen molar-refractivity contribution in [2.24, 2.45) is 0 Å². The second-order valence-corrected chi connectivity index (χ2v) is 9.49. The van der Waals surface area contributed by atoms with Gasteiger partial charge >= 0.3 is 0 Å². The number of rotatable bonds is 5. The highest BCUT2D eigenvalue weighted by Gasteiger charge is 2.30. The molecule has 0 bridgehead atoms. The van der Waals surface area contributed by atoms with Crippen LogP contribution in [-0.2, 0) is 6.54 Å². The average molecular weight is 451 g/mol. The second-order valence-electron chi connectivity index (χ2n) is 9.49. The molecule has 0 aliphatic carbocycles. The van der Waals surface area contributed by atoms with Gasteiger partial charge in [0, 0.05) is 77.2 Å². The molecule has 1 amide bonds. The maximum absolute atomic E-state index is 13.1. The summed E-state index contributed by atoms with van der Waals surface area (Å²) in [5.74, 6) is 1.86. The largest absolute Gasteiger partial charge is 0.454 e. The van der Waals surface area contributed by atoms with Crippen LogP contribution >= 0.6 is 0 Å². The Morgan fingerprint density at radius 2 is 1.73 bits per heavy atom. The molecular weight excluding hydrogens is 416 g/mol. The molecule has 7 nitrogen and oxygen atoms in total. The van der Waals surface area contributed by atoms with Gasteiger partial charge in [0.15, 0.2) is 11.5 Å². The van der Waals surface area contributed by atoms with Crippen LogP contribution in [0.4, 0.5) is 5.69 Å². The minimum Gasteiger partial charge on any atom is -0.454 e. The Hall–Kier alpha value is -2.77.